The summed E-state index contributed by atoms with van der Waals surface area (Å²) in [7, 11) is 0. The average molecular weight is 295 g/mol. The minimum absolute atomic E-state index is 0.285. The molecule has 0 aliphatic heterocycles. The lowest BCUT2D eigenvalue weighted by molar-refractivity contribution is 0.0240. The second kappa shape index (κ2) is 7.00. The molecule has 0 bridgehead atoms. The Bertz CT molecular complexity index is 318. The predicted octanol–water partition coefficient (Wildman–Crippen LogP) is 4.57. The first kappa shape index (κ1) is 17.3. The molecule has 0 saturated heterocycles. The maximum Gasteiger partial charge on any atom is 0.0334 e. The van der Waals surface area contributed by atoms with Crippen LogP contribution >= 0.6 is 0 Å². The Kier molecular flexibility index (Phi) is 5.76. The van der Waals surface area contributed by atoms with E-state index in [4.69, 9.17) is 5.73 Å². The molecule has 0 aromatic carbocycles. The number of nitrogens with zero attached hydrogens (tertiary/aromatic N) is 1. The Hall–Kier alpha value is -0.0800. The van der Waals surface area contributed by atoms with E-state index < -0.39 is 0 Å². The molecule has 0 aromatic rings. The van der Waals surface area contributed by atoms with E-state index in [9.17, 15) is 0 Å². The third-order valence-corrected chi connectivity index (χ3v) is 6.08. The van der Waals surface area contributed by atoms with Crippen molar-refractivity contribution < 1.29 is 0 Å². The molecule has 0 radical (unpaired) electrons. The van der Waals surface area contributed by atoms with Crippen molar-refractivity contribution in [2.24, 2.45) is 17.1 Å². The van der Waals surface area contributed by atoms with E-state index >= 15 is 0 Å². The van der Waals surface area contributed by atoms with Crippen LogP contribution < -0.4 is 5.73 Å². The number of rotatable bonds is 5. The van der Waals surface area contributed by atoms with E-state index in [2.05, 4.69) is 32.6 Å². The summed E-state index contributed by atoms with van der Waals surface area (Å²) < 4.78 is 0. The van der Waals surface area contributed by atoms with Crippen LogP contribution in [0.4, 0.5) is 0 Å². The first-order chi connectivity index (χ1) is 9.88. The Morgan fingerprint density at radius 2 is 1.67 bits per heavy atom. The van der Waals surface area contributed by atoms with Gasteiger partial charge in [-0.15, -0.1) is 0 Å². The van der Waals surface area contributed by atoms with Gasteiger partial charge in [0.05, 0.1) is 0 Å². The fourth-order valence-corrected chi connectivity index (χ4v) is 4.67. The van der Waals surface area contributed by atoms with E-state index in [0.717, 1.165) is 18.5 Å². The lowest BCUT2D eigenvalue weighted by Gasteiger charge is -2.48. The zero-order valence-electron chi connectivity index (χ0n) is 15.0. The van der Waals surface area contributed by atoms with Gasteiger partial charge in [0, 0.05) is 24.7 Å². The Morgan fingerprint density at radius 1 is 1.00 bits per heavy atom. The van der Waals surface area contributed by atoms with Crippen molar-refractivity contribution in [2.75, 3.05) is 13.1 Å². The Balaban J connectivity index is 2.20. The molecule has 2 nitrogen and oxygen atoms in total. The van der Waals surface area contributed by atoms with E-state index in [-0.39, 0.29) is 5.54 Å². The molecule has 2 N–H and O–H groups in total. The maximum absolute atomic E-state index is 6.40. The van der Waals surface area contributed by atoms with E-state index in [1.54, 1.807) is 0 Å². The van der Waals surface area contributed by atoms with Crippen LogP contribution in [0, 0.1) is 11.3 Å². The second-order valence-corrected chi connectivity index (χ2v) is 8.93. The lowest BCUT2D eigenvalue weighted by Crippen LogP contribution is -2.58. The molecule has 0 heterocycles. The summed E-state index contributed by atoms with van der Waals surface area (Å²) in [5, 5.41) is 0. The summed E-state index contributed by atoms with van der Waals surface area (Å²) in [5.41, 5.74) is 7.19. The molecule has 2 rings (SSSR count). The molecule has 0 amide bonds. The van der Waals surface area contributed by atoms with Gasteiger partial charge in [-0.05, 0) is 49.9 Å². The van der Waals surface area contributed by atoms with Gasteiger partial charge in [0.25, 0.3) is 0 Å². The number of hydrogen-bond donors (Lipinski definition) is 1. The van der Waals surface area contributed by atoms with E-state index in [0.29, 0.717) is 5.41 Å². The van der Waals surface area contributed by atoms with Crippen LogP contribution in [-0.2, 0) is 0 Å². The zero-order valence-corrected chi connectivity index (χ0v) is 15.0. The molecular weight excluding hydrogens is 256 g/mol. The summed E-state index contributed by atoms with van der Waals surface area (Å²) in [4.78, 5) is 2.88. The van der Waals surface area contributed by atoms with Crippen molar-refractivity contribution in [1.29, 1.82) is 0 Å². The number of nitrogens with two attached hydrogens (primary N) is 1. The van der Waals surface area contributed by atoms with Crippen LogP contribution in [0.15, 0.2) is 0 Å². The summed E-state index contributed by atoms with van der Waals surface area (Å²) in [6, 6.07) is 0.803. The maximum atomic E-state index is 6.40. The molecule has 21 heavy (non-hydrogen) atoms. The third-order valence-electron chi connectivity index (χ3n) is 6.08. The first-order valence-corrected chi connectivity index (χ1v) is 9.35. The zero-order chi connectivity index (χ0) is 15.5. The average Bonchev–Trinajstić information content (AvgIpc) is 2.88. The van der Waals surface area contributed by atoms with E-state index in [1.165, 1.54) is 64.3 Å². The highest BCUT2D eigenvalue weighted by Gasteiger charge is 2.42. The van der Waals surface area contributed by atoms with Crippen LogP contribution in [0.3, 0.4) is 0 Å². The molecule has 2 heteroatoms. The van der Waals surface area contributed by atoms with Crippen LogP contribution in [0.1, 0.15) is 85.5 Å². The minimum Gasteiger partial charge on any atom is -0.329 e. The van der Waals surface area contributed by atoms with Crippen LogP contribution in [0.2, 0.25) is 0 Å². The molecule has 124 valence electrons. The highest BCUT2D eigenvalue weighted by Crippen LogP contribution is 2.43. The Morgan fingerprint density at radius 3 is 2.24 bits per heavy atom. The van der Waals surface area contributed by atoms with Gasteiger partial charge in [0.1, 0.15) is 0 Å². The van der Waals surface area contributed by atoms with Crippen molar-refractivity contribution in [1.82, 2.24) is 4.90 Å². The molecule has 2 aliphatic rings. The van der Waals surface area contributed by atoms with Gasteiger partial charge in [-0.25, -0.2) is 0 Å². The normalized spacial score (nSPS) is 31.0. The van der Waals surface area contributed by atoms with Gasteiger partial charge >= 0.3 is 0 Å². The molecule has 1 unspecified atom stereocenters. The Labute approximate surface area is 132 Å². The van der Waals surface area contributed by atoms with Gasteiger partial charge in [-0.3, -0.25) is 4.90 Å². The van der Waals surface area contributed by atoms with Gasteiger partial charge in [-0.1, -0.05) is 47.0 Å². The van der Waals surface area contributed by atoms with Gasteiger partial charge in [-0.2, -0.15) is 0 Å². The van der Waals surface area contributed by atoms with E-state index in [1.807, 2.05) is 0 Å². The van der Waals surface area contributed by atoms with Crippen molar-refractivity contribution in [3.8, 4) is 0 Å². The highest BCUT2D eigenvalue weighted by molar-refractivity contribution is 4.99. The molecule has 0 aromatic heterocycles. The largest absolute Gasteiger partial charge is 0.329 e. The number of hydrogen-bond acceptors (Lipinski definition) is 2. The molecule has 1 atom stereocenters. The molecular formula is C19H38N2. The quantitative estimate of drug-likeness (QED) is 0.752. The summed E-state index contributed by atoms with van der Waals surface area (Å²) in [6.07, 6.45) is 12.3. The fraction of sp³-hybridized carbons (Fsp3) is 1.00. The molecule has 2 fully saturated rings. The lowest BCUT2D eigenvalue weighted by atomic mass is 9.82. The fourth-order valence-electron chi connectivity index (χ4n) is 4.67. The van der Waals surface area contributed by atoms with Crippen molar-refractivity contribution in [3.63, 3.8) is 0 Å². The van der Waals surface area contributed by atoms with Gasteiger partial charge in [0.15, 0.2) is 0 Å². The van der Waals surface area contributed by atoms with Crippen molar-refractivity contribution >= 4 is 0 Å². The van der Waals surface area contributed by atoms with Gasteiger partial charge < -0.3 is 5.73 Å². The predicted molar refractivity (Wildman–Crippen MR) is 92.5 cm³/mol. The minimum atomic E-state index is 0.285. The monoisotopic (exact) mass is 294 g/mol. The topological polar surface area (TPSA) is 29.3 Å². The smallest absolute Gasteiger partial charge is 0.0334 e. The standard InChI is InChI=1S/C19H38N2/c1-16(2)14-21(17-8-5-6-9-17)19(15-20)11-7-10-18(3,4)12-13-19/h16-17H,5-15,20H2,1-4H3. The van der Waals surface area contributed by atoms with Crippen LogP contribution in [0.25, 0.3) is 0 Å². The highest BCUT2D eigenvalue weighted by atomic mass is 15.2. The van der Waals surface area contributed by atoms with Gasteiger partial charge in [0.2, 0.25) is 0 Å². The second-order valence-electron chi connectivity index (χ2n) is 8.93. The van der Waals surface area contributed by atoms with Crippen LogP contribution in [-0.4, -0.2) is 29.6 Å². The molecule has 0 spiro atoms. The summed E-state index contributed by atoms with van der Waals surface area (Å²) in [5.74, 6) is 0.741. The SMILES string of the molecule is CC(C)CN(C1CCCC1)C1(CN)CCCC(C)(C)CC1. The van der Waals surface area contributed by atoms with Crippen molar-refractivity contribution in [3.05, 3.63) is 0 Å². The third kappa shape index (κ3) is 4.22. The summed E-state index contributed by atoms with van der Waals surface area (Å²) >= 11 is 0. The molecule has 2 saturated carbocycles. The summed E-state index contributed by atoms with van der Waals surface area (Å²) in [6.45, 7) is 11.7. The molecule has 2 aliphatic carbocycles. The first-order valence-electron chi connectivity index (χ1n) is 9.35. The van der Waals surface area contributed by atoms with Crippen molar-refractivity contribution in [2.45, 2.75) is 97.1 Å². The van der Waals surface area contributed by atoms with Crippen LogP contribution in [0.5, 0.6) is 0 Å².